The number of hydrogen-bond donors (Lipinski definition) is 2. The van der Waals surface area contributed by atoms with Crippen molar-refractivity contribution in [2.45, 2.75) is 0 Å². The summed E-state index contributed by atoms with van der Waals surface area (Å²) >= 11 is 0. The first-order valence-corrected chi connectivity index (χ1v) is 8.45. The number of nitrogens with one attached hydrogen (secondary N) is 2. The van der Waals surface area contributed by atoms with E-state index >= 15 is 0 Å². The minimum Gasteiger partial charge on any atom is -0.459 e. The Morgan fingerprint density at radius 2 is 1.37 bits per heavy atom. The van der Waals surface area contributed by atoms with Gasteiger partial charge in [0.15, 0.2) is 5.76 Å². The molecule has 2 N–H and O–H groups in total. The van der Waals surface area contributed by atoms with E-state index in [2.05, 4.69) is 10.6 Å². The Morgan fingerprint density at radius 3 is 2.22 bits per heavy atom. The van der Waals surface area contributed by atoms with Crippen LogP contribution >= 0.6 is 0 Å². The Balaban J connectivity index is 1.61. The van der Waals surface area contributed by atoms with Crippen molar-refractivity contribution in [2.75, 3.05) is 10.6 Å². The molecular formula is C22H16N2O3. The number of furan rings is 1. The Hall–Kier alpha value is -3.86. The van der Waals surface area contributed by atoms with Crippen LogP contribution in [0.5, 0.6) is 0 Å². The van der Waals surface area contributed by atoms with Crippen molar-refractivity contribution in [3.05, 3.63) is 96.4 Å². The van der Waals surface area contributed by atoms with Crippen molar-refractivity contribution in [1.29, 1.82) is 0 Å². The minimum absolute atomic E-state index is 0.180. The summed E-state index contributed by atoms with van der Waals surface area (Å²) in [6.07, 6.45) is 1.42. The molecule has 0 atom stereocenters. The summed E-state index contributed by atoms with van der Waals surface area (Å²) in [5, 5.41) is 7.65. The Kier molecular flexibility index (Phi) is 4.41. The van der Waals surface area contributed by atoms with Gasteiger partial charge in [0, 0.05) is 11.1 Å². The molecular weight excluding hydrogens is 340 g/mol. The standard InChI is InChI=1S/C22H16N2O3/c25-21(23-18-12-5-8-15-7-1-2-9-16(15)18)17-10-3-4-11-19(17)24-22(26)20-13-6-14-27-20/h1-14H,(H,23,25)(H,24,26). The summed E-state index contributed by atoms with van der Waals surface area (Å²) in [6, 6.07) is 23.6. The second-order valence-electron chi connectivity index (χ2n) is 5.96. The van der Waals surface area contributed by atoms with Crippen LogP contribution in [0, 0.1) is 0 Å². The van der Waals surface area contributed by atoms with Crippen LogP contribution in [-0.4, -0.2) is 11.8 Å². The topological polar surface area (TPSA) is 71.3 Å². The molecule has 0 saturated heterocycles. The molecule has 4 rings (SSSR count). The van der Waals surface area contributed by atoms with Crippen LogP contribution < -0.4 is 10.6 Å². The van der Waals surface area contributed by atoms with E-state index in [1.807, 2.05) is 42.5 Å². The maximum atomic E-state index is 12.9. The molecule has 0 bridgehead atoms. The number of carbonyl (C=O) groups is 2. The molecule has 4 aromatic rings. The molecule has 0 fully saturated rings. The van der Waals surface area contributed by atoms with Crippen LogP contribution in [0.25, 0.3) is 10.8 Å². The van der Waals surface area contributed by atoms with Crippen molar-refractivity contribution in [3.8, 4) is 0 Å². The smallest absolute Gasteiger partial charge is 0.291 e. The van der Waals surface area contributed by atoms with Gasteiger partial charge in [-0.2, -0.15) is 0 Å². The molecule has 27 heavy (non-hydrogen) atoms. The lowest BCUT2D eigenvalue weighted by Gasteiger charge is -2.12. The van der Waals surface area contributed by atoms with E-state index in [0.717, 1.165) is 10.8 Å². The molecule has 0 aliphatic heterocycles. The van der Waals surface area contributed by atoms with Crippen LogP contribution in [-0.2, 0) is 0 Å². The van der Waals surface area contributed by atoms with Gasteiger partial charge >= 0.3 is 0 Å². The maximum Gasteiger partial charge on any atom is 0.291 e. The largest absolute Gasteiger partial charge is 0.459 e. The number of anilines is 2. The third kappa shape index (κ3) is 3.43. The normalized spacial score (nSPS) is 10.5. The van der Waals surface area contributed by atoms with Crippen LogP contribution in [0.4, 0.5) is 11.4 Å². The monoisotopic (exact) mass is 356 g/mol. The lowest BCUT2D eigenvalue weighted by atomic mass is 10.1. The molecule has 0 spiro atoms. The molecule has 5 nitrogen and oxygen atoms in total. The zero-order valence-electron chi connectivity index (χ0n) is 14.3. The van der Waals surface area contributed by atoms with Gasteiger partial charge in [-0.05, 0) is 35.7 Å². The van der Waals surface area contributed by atoms with E-state index in [-0.39, 0.29) is 11.7 Å². The average molecular weight is 356 g/mol. The number of benzene rings is 3. The molecule has 2 amide bonds. The van der Waals surface area contributed by atoms with Gasteiger partial charge in [0.05, 0.1) is 17.5 Å². The van der Waals surface area contributed by atoms with Crippen LogP contribution in [0.15, 0.2) is 89.5 Å². The first-order valence-electron chi connectivity index (χ1n) is 8.45. The van der Waals surface area contributed by atoms with Crippen molar-refractivity contribution in [1.82, 2.24) is 0 Å². The fraction of sp³-hybridized carbons (Fsp3) is 0. The molecule has 1 aromatic heterocycles. The van der Waals surface area contributed by atoms with E-state index in [1.165, 1.54) is 6.26 Å². The van der Waals surface area contributed by atoms with Crippen molar-refractivity contribution >= 4 is 34.0 Å². The number of amides is 2. The maximum absolute atomic E-state index is 12.9. The van der Waals surface area contributed by atoms with Gasteiger partial charge in [-0.3, -0.25) is 9.59 Å². The second-order valence-corrected chi connectivity index (χ2v) is 5.96. The summed E-state index contributed by atoms with van der Waals surface area (Å²) in [6.45, 7) is 0. The molecule has 132 valence electrons. The highest BCUT2D eigenvalue weighted by Gasteiger charge is 2.16. The van der Waals surface area contributed by atoms with Gasteiger partial charge in [-0.1, -0.05) is 48.5 Å². The van der Waals surface area contributed by atoms with E-state index in [1.54, 1.807) is 36.4 Å². The summed E-state index contributed by atoms with van der Waals surface area (Å²) in [5.74, 6) is -0.536. The predicted octanol–water partition coefficient (Wildman–Crippen LogP) is 4.94. The first-order chi connectivity index (χ1) is 13.2. The highest BCUT2D eigenvalue weighted by molar-refractivity contribution is 6.14. The van der Waals surface area contributed by atoms with Crippen molar-refractivity contribution in [2.24, 2.45) is 0 Å². The third-order valence-electron chi connectivity index (χ3n) is 4.20. The van der Waals surface area contributed by atoms with Gasteiger partial charge in [-0.25, -0.2) is 0 Å². The van der Waals surface area contributed by atoms with E-state index < -0.39 is 5.91 Å². The highest BCUT2D eigenvalue weighted by Crippen LogP contribution is 2.25. The van der Waals surface area contributed by atoms with Crippen molar-refractivity contribution < 1.29 is 14.0 Å². The van der Waals surface area contributed by atoms with Gasteiger partial charge in [0.25, 0.3) is 11.8 Å². The zero-order chi connectivity index (χ0) is 18.6. The Bertz CT molecular complexity index is 1110. The summed E-state index contributed by atoms with van der Waals surface area (Å²) < 4.78 is 5.10. The van der Waals surface area contributed by atoms with E-state index in [9.17, 15) is 9.59 Å². The second kappa shape index (κ2) is 7.17. The molecule has 5 heteroatoms. The number of para-hydroxylation sites is 1. The molecule has 0 unspecified atom stereocenters. The van der Waals surface area contributed by atoms with Crippen molar-refractivity contribution in [3.63, 3.8) is 0 Å². The van der Waals surface area contributed by atoms with E-state index in [4.69, 9.17) is 4.42 Å². The summed E-state index contributed by atoms with van der Waals surface area (Å²) in [4.78, 5) is 25.1. The zero-order valence-corrected chi connectivity index (χ0v) is 14.3. The molecule has 3 aromatic carbocycles. The first kappa shape index (κ1) is 16.6. The van der Waals surface area contributed by atoms with E-state index in [0.29, 0.717) is 16.9 Å². The highest BCUT2D eigenvalue weighted by atomic mass is 16.3. The summed E-state index contributed by atoms with van der Waals surface area (Å²) in [7, 11) is 0. The predicted molar refractivity (Wildman–Crippen MR) is 105 cm³/mol. The quantitative estimate of drug-likeness (QED) is 0.544. The number of carbonyl (C=O) groups excluding carboxylic acids is 2. The third-order valence-corrected chi connectivity index (χ3v) is 4.20. The lowest BCUT2D eigenvalue weighted by molar-refractivity contribution is 0.0996. The van der Waals surface area contributed by atoms with Gasteiger partial charge in [0.1, 0.15) is 0 Å². The molecule has 0 aliphatic carbocycles. The fourth-order valence-electron chi connectivity index (χ4n) is 2.91. The molecule has 1 heterocycles. The number of hydrogen-bond acceptors (Lipinski definition) is 3. The summed E-state index contributed by atoms with van der Waals surface area (Å²) in [5.41, 5.74) is 1.49. The SMILES string of the molecule is O=C(Nc1ccccc1C(=O)Nc1cccc2ccccc12)c1ccco1. The molecule has 0 radical (unpaired) electrons. The Morgan fingerprint density at radius 1 is 0.667 bits per heavy atom. The lowest BCUT2D eigenvalue weighted by Crippen LogP contribution is -2.18. The average Bonchev–Trinajstić information content (AvgIpc) is 3.24. The Labute approximate surface area is 155 Å². The molecule has 0 aliphatic rings. The van der Waals surface area contributed by atoms with Gasteiger partial charge < -0.3 is 15.1 Å². The number of rotatable bonds is 4. The van der Waals surface area contributed by atoms with Crippen LogP contribution in [0.2, 0.25) is 0 Å². The van der Waals surface area contributed by atoms with Gasteiger partial charge in [-0.15, -0.1) is 0 Å². The fourth-order valence-corrected chi connectivity index (χ4v) is 2.91. The number of fused-ring (bicyclic) bond motifs is 1. The molecule has 0 saturated carbocycles. The van der Waals surface area contributed by atoms with Gasteiger partial charge in [0.2, 0.25) is 0 Å². The van der Waals surface area contributed by atoms with Crippen LogP contribution in [0.3, 0.4) is 0 Å². The van der Waals surface area contributed by atoms with Crippen LogP contribution in [0.1, 0.15) is 20.9 Å². The minimum atomic E-state index is -0.412.